The first-order valence-corrected chi connectivity index (χ1v) is 4.34. The van der Waals surface area contributed by atoms with E-state index in [9.17, 15) is 0 Å². The van der Waals surface area contributed by atoms with Gasteiger partial charge in [-0.05, 0) is 6.92 Å². The van der Waals surface area contributed by atoms with Gasteiger partial charge in [-0.2, -0.15) is 0 Å². The molecular weight excluding hydrogens is 190 g/mol. The third-order valence-electron chi connectivity index (χ3n) is 1.57. The highest BCUT2D eigenvalue weighted by molar-refractivity contribution is 6.30. The summed E-state index contributed by atoms with van der Waals surface area (Å²) >= 11 is 5.62. The second kappa shape index (κ2) is 4.99. The summed E-state index contributed by atoms with van der Waals surface area (Å²) in [5.74, 6) is 0.563. The minimum absolute atomic E-state index is 0.138. The molecule has 0 aromatic carbocycles. The van der Waals surface area contributed by atoms with Crippen molar-refractivity contribution in [1.29, 1.82) is 0 Å². The van der Waals surface area contributed by atoms with Crippen molar-refractivity contribution in [2.45, 2.75) is 13.0 Å². The van der Waals surface area contributed by atoms with Crippen LogP contribution in [-0.2, 0) is 4.74 Å². The van der Waals surface area contributed by atoms with Gasteiger partial charge in [0.05, 0.1) is 23.5 Å². The molecule has 5 heteroatoms. The van der Waals surface area contributed by atoms with E-state index in [1.54, 1.807) is 19.5 Å². The molecule has 72 valence electrons. The molecule has 1 aromatic heterocycles. The lowest BCUT2D eigenvalue weighted by molar-refractivity contribution is 0.128. The molecule has 0 bridgehead atoms. The Bertz CT molecular complexity index is 252. The molecule has 0 radical (unpaired) electrons. The Labute approximate surface area is 82.3 Å². The number of nitrogens with zero attached hydrogens (tertiary/aromatic N) is 2. The van der Waals surface area contributed by atoms with E-state index in [1.165, 1.54) is 0 Å². The van der Waals surface area contributed by atoms with Gasteiger partial charge < -0.3 is 10.1 Å². The van der Waals surface area contributed by atoms with E-state index >= 15 is 0 Å². The fourth-order valence-corrected chi connectivity index (χ4v) is 0.820. The molecular formula is C8H12ClN3O. The maximum Gasteiger partial charge on any atom is 0.222 e. The van der Waals surface area contributed by atoms with E-state index in [-0.39, 0.29) is 6.10 Å². The van der Waals surface area contributed by atoms with Gasteiger partial charge in [-0.25, -0.2) is 9.97 Å². The van der Waals surface area contributed by atoms with Gasteiger partial charge in [0.1, 0.15) is 0 Å². The van der Waals surface area contributed by atoms with Crippen LogP contribution in [0.2, 0.25) is 5.02 Å². The van der Waals surface area contributed by atoms with Crippen molar-refractivity contribution < 1.29 is 4.74 Å². The zero-order valence-electron chi connectivity index (χ0n) is 7.62. The Kier molecular flexibility index (Phi) is 3.92. The first-order chi connectivity index (χ1) is 6.22. The topological polar surface area (TPSA) is 47.0 Å². The van der Waals surface area contributed by atoms with Crippen LogP contribution in [0.25, 0.3) is 0 Å². The Balaban J connectivity index is 2.41. The number of hydrogen-bond acceptors (Lipinski definition) is 4. The highest BCUT2D eigenvalue weighted by Crippen LogP contribution is 2.05. The van der Waals surface area contributed by atoms with Gasteiger partial charge in [-0.1, -0.05) is 11.6 Å². The summed E-state index contributed by atoms with van der Waals surface area (Å²) < 4.78 is 5.05. The van der Waals surface area contributed by atoms with Crippen molar-refractivity contribution in [2.75, 3.05) is 19.0 Å². The monoisotopic (exact) mass is 201 g/mol. The molecule has 0 saturated heterocycles. The lowest BCUT2D eigenvalue weighted by Gasteiger charge is -2.09. The SMILES string of the molecule is COC(C)CNc1ncc(Cl)cn1. The molecule has 13 heavy (non-hydrogen) atoms. The lowest BCUT2D eigenvalue weighted by atomic mass is 10.4. The number of hydrogen-bond donors (Lipinski definition) is 1. The fourth-order valence-electron chi connectivity index (χ4n) is 0.722. The molecule has 0 aliphatic carbocycles. The van der Waals surface area contributed by atoms with Crippen LogP contribution in [0.3, 0.4) is 0 Å². The predicted molar refractivity (Wildman–Crippen MR) is 52.0 cm³/mol. The maximum atomic E-state index is 5.62. The van der Waals surface area contributed by atoms with Crippen LogP contribution in [0, 0.1) is 0 Å². The zero-order valence-corrected chi connectivity index (χ0v) is 8.38. The molecule has 1 unspecified atom stereocenters. The van der Waals surface area contributed by atoms with Gasteiger partial charge in [0.25, 0.3) is 0 Å². The van der Waals surface area contributed by atoms with Crippen molar-refractivity contribution in [1.82, 2.24) is 9.97 Å². The van der Waals surface area contributed by atoms with Crippen molar-refractivity contribution in [3.8, 4) is 0 Å². The molecule has 0 spiro atoms. The predicted octanol–water partition coefficient (Wildman–Crippen LogP) is 1.58. The minimum Gasteiger partial charge on any atom is -0.380 e. The Morgan fingerprint density at radius 1 is 1.54 bits per heavy atom. The summed E-state index contributed by atoms with van der Waals surface area (Å²) in [6, 6.07) is 0. The maximum absolute atomic E-state index is 5.62. The average Bonchev–Trinajstić information content (AvgIpc) is 2.16. The molecule has 0 amide bonds. The first kappa shape index (κ1) is 10.2. The largest absolute Gasteiger partial charge is 0.380 e. The number of methoxy groups -OCH3 is 1. The summed E-state index contributed by atoms with van der Waals surface area (Å²) in [4.78, 5) is 7.95. The van der Waals surface area contributed by atoms with Crippen LogP contribution < -0.4 is 5.32 Å². The molecule has 0 aliphatic rings. The first-order valence-electron chi connectivity index (χ1n) is 3.96. The molecule has 1 N–H and O–H groups in total. The number of nitrogens with one attached hydrogen (secondary N) is 1. The van der Waals surface area contributed by atoms with Gasteiger partial charge in [0.2, 0.25) is 5.95 Å². The van der Waals surface area contributed by atoms with Crippen LogP contribution in [0.15, 0.2) is 12.4 Å². The Morgan fingerprint density at radius 2 is 2.15 bits per heavy atom. The van der Waals surface area contributed by atoms with E-state index in [2.05, 4.69) is 15.3 Å². The molecule has 4 nitrogen and oxygen atoms in total. The van der Waals surface area contributed by atoms with Gasteiger partial charge in [-0.3, -0.25) is 0 Å². The minimum atomic E-state index is 0.138. The van der Waals surface area contributed by atoms with Gasteiger partial charge in [0, 0.05) is 13.7 Å². The van der Waals surface area contributed by atoms with Crippen LogP contribution in [0.4, 0.5) is 5.95 Å². The van der Waals surface area contributed by atoms with Crippen molar-refractivity contribution in [3.63, 3.8) is 0 Å². The number of halogens is 1. The number of aromatic nitrogens is 2. The van der Waals surface area contributed by atoms with E-state index < -0.39 is 0 Å². The Hall–Kier alpha value is -0.870. The molecule has 1 atom stereocenters. The van der Waals surface area contributed by atoms with E-state index in [0.717, 1.165) is 0 Å². The summed E-state index contributed by atoms with van der Waals surface area (Å²) in [6.45, 7) is 2.64. The van der Waals surface area contributed by atoms with Gasteiger partial charge in [-0.15, -0.1) is 0 Å². The molecule has 1 rings (SSSR count). The lowest BCUT2D eigenvalue weighted by Crippen LogP contribution is -2.19. The zero-order chi connectivity index (χ0) is 9.68. The third-order valence-corrected chi connectivity index (χ3v) is 1.77. The third kappa shape index (κ3) is 3.57. The van der Waals surface area contributed by atoms with Crippen LogP contribution >= 0.6 is 11.6 Å². The van der Waals surface area contributed by atoms with E-state index in [0.29, 0.717) is 17.5 Å². The molecule has 1 heterocycles. The van der Waals surface area contributed by atoms with E-state index in [1.807, 2.05) is 6.92 Å². The van der Waals surface area contributed by atoms with Crippen molar-refractivity contribution in [2.24, 2.45) is 0 Å². The number of anilines is 1. The number of ether oxygens (including phenoxy) is 1. The van der Waals surface area contributed by atoms with Gasteiger partial charge >= 0.3 is 0 Å². The smallest absolute Gasteiger partial charge is 0.222 e. The van der Waals surface area contributed by atoms with Crippen molar-refractivity contribution in [3.05, 3.63) is 17.4 Å². The van der Waals surface area contributed by atoms with Crippen LogP contribution in [0.1, 0.15) is 6.92 Å². The molecule has 0 saturated carbocycles. The summed E-state index contributed by atoms with van der Waals surface area (Å²) in [5, 5.41) is 3.55. The summed E-state index contributed by atoms with van der Waals surface area (Å²) in [7, 11) is 1.66. The molecule has 1 aromatic rings. The second-order valence-electron chi connectivity index (χ2n) is 2.65. The van der Waals surface area contributed by atoms with Crippen molar-refractivity contribution >= 4 is 17.5 Å². The van der Waals surface area contributed by atoms with Crippen LogP contribution in [0.5, 0.6) is 0 Å². The number of rotatable bonds is 4. The quantitative estimate of drug-likeness (QED) is 0.804. The van der Waals surface area contributed by atoms with Crippen LogP contribution in [-0.4, -0.2) is 29.7 Å². The highest BCUT2D eigenvalue weighted by atomic mass is 35.5. The average molecular weight is 202 g/mol. The molecule has 0 fully saturated rings. The fraction of sp³-hybridized carbons (Fsp3) is 0.500. The molecule has 0 aliphatic heterocycles. The highest BCUT2D eigenvalue weighted by Gasteiger charge is 2.00. The normalized spacial score (nSPS) is 12.5. The summed E-state index contributed by atoms with van der Waals surface area (Å²) in [5.41, 5.74) is 0. The van der Waals surface area contributed by atoms with Gasteiger partial charge in [0.15, 0.2) is 0 Å². The second-order valence-corrected chi connectivity index (χ2v) is 3.09. The Morgan fingerprint density at radius 3 is 2.69 bits per heavy atom. The van der Waals surface area contributed by atoms with E-state index in [4.69, 9.17) is 16.3 Å². The summed E-state index contributed by atoms with van der Waals surface area (Å²) in [6.07, 6.45) is 3.24. The standard InChI is InChI=1S/C8H12ClN3O/c1-6(13-2)3-10-8-11-4-7(9)5-12-8/h4-6H,3H2,1-2H3,(H,10,11,12).